The predicted molar refractivity (Wildman–Crippen MR) is 82.7 cm³/mol. The Morgan fingerprint density at radius 2 is 1.85 bits per heavy atom. The van der Waals surface area contributed by atoms with Crippen LogP contribution in [0.5, 0.6) is 5.75 Å². The molecule has 1 aromatic carbocycles. The molecule has 0 aliphatic carbocycles. The maximum Gasteiger partial charge on any atom is 0.131 e. The molecule has 0 heterocycles. The van der Waals surface area contributed by atoms with Gasteiger partial charge in [0, 0.05) is 17.7 Å². The largest absolute Gasteiger partial charge is 0.497 e. The summed E-state index contributed by atoms with van der Waals surface area (Å²) >= 11 is 0. The van der Waals surface area contributed by atoms with Crippen molar-refractivity contribution in [2.45, 2.75) is 58.4 Å². The highest BCUT2D eigenvalue weighted by molar-refractivity contribution is 5.30. The zero-order valence-corrected chi connectivity index (χ0v) is 13.0. The number of halogens is 1. The van der Waals surface area contributed by atoms with E-state index >= 15 is 0 Å². The van der Waals surface area contributed by atoms with E-state index < -0.39 is 0 Å². The van der Waals surface area contributed by atoms with Gasteiger partial charge in [0.1, 0.15) is 11.6 Å². The van der Waals surface area contributed by atoms with Crippen molar-refractivity contribution in [1.29, 1.82) is 0 Å². The van der Waals surface area contributed by atoms with Crippen molar-refractivity contribution in [1.82, 2.24) is 5.32 Å². The molecule has 2 nitrogen and oxygen atoms in total. The quantitative estimate of drug-likeness (QED) is 0.619. The standard InChI is InChI=1S/C17H28FNO/c1-4-5-6-7-8-9-12-19-14(2)16-11-10-15(20-3)13-17(16)18/h10-11,13-14,19H,4-9,12H2,1-3H3. The van der Waals surface area contributed by atoms with Crippen molar-refractivity contribution < 1.29 is 9.13 Å². The lowest BCUT2D eigenvalue weighted by Crippen LogP contribution is -2.20. The Bertz CT molecular complexity index is 381. The minimum atomic E-state index is -0.202. The van der Waals surface area contributed by atoms with Crippen molar-refractivity contribution >= 4 is 0 Å². The highest BCUT2D eigenvalue weighted by atomic mass is 19.1. The molecule has 1 N–H and O–H groups in total. The smallest absolute Gasteiger partial charge is 0.131 e. The normalized spacial score (nSPS) is 12.4. The van der Waals surface area contributed by atoms with Gasteiger partial charge in [-0.3, -0.25) is 0 Å². The SMILES string of the molecule is CCCCCCCCNC(C)c1ccc(OC)cc1F. The lowest BCUT2D eigenvalue weighted by Gasteiger charge is -2.15. The van der Waals surface area contributed by atoms with E-state index in [1.807, 2.05) is 6.92 Å². The highest BCUT2D eigenvalue weighted by Gasteiger charge is 2.10. The van der Waals surface area contributed by atoms with Gasteiger partial charge in [-0.2, -0.15) is 0 Å². The monoisotopic (exact) mass is 281 g/mol. The third-order valence-corrected chi connectivity index (χ3v) is 3.65. The van der Waals surface area contributed by atoms with Crippen molar-refractivity contribution in [3.63, 3.8) is 0 Å². The number of nitrogens with one attached hydrogen (secondary N) is 1. The van der Waals surface area contributed by atoms with Crippen LogP contribution < -0.4 is 10.1 Å². The van der Waals surface area contributed by atoms with Gasteiger partial charge >= 0.3 is 0 Å². The lowest BCUT2D eigenvalue weighted by molar-refractivity contribution is 0.409. The zero-order chi connectivity index (χ0) is 14.8. The van der Waals surface area contributed by atoms with Crippen LogP contribution in [0, 0.1) is 5.82 Å². The molecule has 1 rings (SSSR count). The van der Waals surface area contributed by atoms with Crippen molar-refractivity contribution in [2.24, 2.45) is 0 Å². The third kappa shape index (κ3) is 5.91. The number of ether oxygens (including phenoxy) is 1. The molecule has 20 heavy (non-hydrogen) atoms. The van der Waals surface area contributed by atoms with E-state index in [4.69, 9.17) is 4.74 Å². The van der Waals surface area contributed by atoms with Crippen LogP contribution in [-0.4, -0.2) is 13.7 Å². The molecule has 0 bridgehead atoms. The Morgan fingerprint density at radius 1 is 1.15 bits per heavy atom. The number of unbranched alkanes of at least 4 members (excludes halogenated alkanes) is 5. The van der Waals surface area contributed by atoms with E-state index in [0.29, 0.717) is 11.3 Å². The molecule has 0 aromatic heterocycles. The molecule has 0 aliphatic heterocycles. The van der Waals surface area contributed by atoms with Gasteiger partial charge in [0.2, 0.25) is 0 Å². The first-order chi connectivity index (χ1) is 9.69. The molecule has 1 aromatic rings. The van der Waals surface area contributed by atoms with Crippen LogP contribution in [0.2, 0.25) is 0 Å². The molecule has 0 amide bonds. The van der Waals surface area contributed by atoms with Gasteiger partial charge in [0.25, 0.3) is 0 Å². The Labute approximate surface area is 122 Å². The molecule has 1 atom stereocenters. The van der Waals surface area contributed by atoms with Crippen LogP contribution in [0.4, 0.5) is 4.39 Å². The van der Waals surface area contributed by atoms with E-state index in [2.05, 4.69) is 12.2 Å². The zero-order valence-electron chi connectivity index (χ0n) is 13.0. The van der Waals surface area contributed by atoms with E-state index in [-0.39, 0.29) is 11.9 Å². The summed E-state index contributed by atoms with van der Waals surface area (Å²) in [7, 11) is 1.55. The molecule has 0 saturated carbocycles. The maximum absolute atomic E-state index is 13.9. The average Bonchev–Trinajstić information content (AvgIpc) is 2.45. The minimum Gasteiger partial charge on any atom is -0.497 e. The van der Waals surface area contributed by atoms with E-state index in [0.717, 1.165) is 13.0 Å². The van der Waals surface area contributed by atoms with Gasteiger partial charge < -0.3 is 10.1 Å². The van der Waals surface area contributed by atoms with Crippen LogP contribution in [0.25, 0.3) is 0 Å². The molecule has 0 fully saturated rings. The Balaban J connectivity index is 2.27. The van der Waals surface area contributed by atoms with Gasteiger partial charge in [-0.1, -0.05) is 45.1 Å². The lowest BCUT2D eigenvalue weighted by atomic mass is 10.1. The van der Waals surface area contributed by atoms with Crippen LogP contribution in [-0.2, 0) is 0 Å². The van der Waals surface area contributed by atoms with E-state index in [9.17, 15) is 4.39 Å². The summed E-state index contributed by atoms with van der Waals surface area (Å²) in [6.45, 7) is 5.17. The van der Waals surface area contributed by atoms with Crippen molar-refractivity contribution in [3.8, 4) is 5.75 Å². The summed E-state index contributed by atoms with van der Waals surface area (Å²) in [5.41, 5.74) is 0.705. The number of benzene rings is 1. The van der Waals surface area contributed by atoms with Crippen LogP contribution in [0.1, 0.15) is 64.0 Å². The molecule has 0 radical (unpaired) electrons. The Hall–Kier alpha value is -1.09. The predicted octanol–water partition coefficient (Wildman–Crippen LogP) is 4.85. The summed E-state index contributed by atoms with van der Waals surface area (Å²) in [5, 5.41) is 3.39. The fraction of sp³-hybridized carbons (Fsp3) is 0.647. The van der Waals surface area contributed by atoms with Crippen molar-refractivity contribution in [2.75, 3.05) is 13.7 Å². The number of hydrogen-bond donors (Lipinski definition) is 1. The van der Waals surface area contributed by atoms with Crippen LogP contribution in [0.15, 0.2) is 18.2 Å². The molecule has 3 heteroatoms. The number of hydrogen-bond acceptors (Lipinski definition) is 2. The number of rotatable bonds is 10. The van der Waals surface area contributed by atoms with E-state index in [1.54, 1.807) is 19.2 Å². The third-order valence-electron chi connectivity index (χ3n) is 3.65. The van der Waals surface area contributed by atoms with Gasteiger partial charge in [0.15, 0.2) is 0 Å². The second-order valence-corrected chi connectivity index (χ2v) is 5.33. The second-order valence-electron chi connectivity index (χ2n) is 5.33. The Morgan fingerprint density at radius 3 is 2.50 bits per heavy atom. The van der Waals surface area contributed by atoms with Gasteiger partial charge in [-0.25, -0.2) is 4.39 Å². The first kappa shape index (κ1) is 17.0. The van der Waals surface area contributed by atoms with Gasteiger partial charge in [0.05, 0.1) is 7.11 Å². The van der Waals surface area contributed by atoms with Crippen LogP contribution in [0.3, 0.4) is 0 Å². The minimum absolute atomic E-state index is 0.0385. The summed E-state index contributed by atoms with van der Waals surface area (Å²) in [6.07, 6.45) is 7.67. The molecular weight excluding hydrogens is 253 g/mol. The van der Waals surface area contributed by atoms with Crippen LogP contribution >= 0.6 is 0 Å². The topological polar surface area (TPSA) is 21.3 Å². The number of methoxy groups -OCH3 is 1. The second kappa shape index (κ2) is 9.76. The fourth-order valence-corrected chi connectivity index (χ4v) is 2.32. The first-order valence-electron chi connectivity index (χ1n) is 7.75. The van der Waals surface area contributed by atoms with Gasteiger partial charge in [-0.15, -0.1) is 0 Å². The molecule has 0 spiro atoms. The summed E-state index contributed by atoms with van der Waals surface area (Å²) in [5.74, 6) is 0.363. The molecule has 1 unspecified atom stereocenters. The molecule has 0 aliphatic rings. The average molecular weight is 281 g/mol. The fourth-order valence-electron chi connectivity index (χ4n) is 2.32. The maximum atomic E-state index is 13.9. The molecule has 114 valence electrons. The summed E-state index contributed by atoms with van der Waals surface area (Å²) in [4.78, 5) is 0. The summed E-state index contributed by atoms with van der Waals surface area (Å²) < 4.78 is 18.9. The van der Waals surface area contributed by atoms with E-state index in [1.165, 1.54) is 38.2 Å². The molecule has 0 saturated heterocycles. The summed E-state index contributed by atoms with van der Waals surface area (Å²) in [6, 6.07) is 5.09. The van der Waals surface area contributed by atoms with Crippen molar-refractivity contribution in [3.05, 3.63) is 29.6 Å². The van der Waals surface area contributed by atoms with Gasteiger partial charge in [-0.05, 0) is 26.0 Å². The first-order valence-corrected chi connectivity index (χ1v) is 7.75. The highest BCUT2D eigenvalue weighted by Crippen LogP contribution is 2.21. The Kier molecular flexibility index (Phi) is 8.28. The molecular formula is C17H28FNO.